The normalized spacial score (nSPS) is 23.0. The van der Waals surface area contributed by atoms with E-state index in [0.29, 0.717) is 5.92 Å². The average molecular weight is 176 g/mol. The van der Waals surface area contributed by atoms with Crippen molar-refractivity contribution in [1.29, 1.82) is 0 Å². The zero-order valence-corrected chi connectivity index (χ0v) is 8.09. The van der Waals surface area contributed by atoms with E-state index in [1.54, 1.807) is 0 Å². The van der Waals surface area contributed by atoms with Crippen molar-refractivity contribution < 1.29 is 0 Å². The van der Waals surface area contributed by atoms with Gasteiger partial charge in [0, 0.05) is 18.4 Å². The second-order valence-corrected chi connectivity index (χ2v) is 3.77. The number of nitrogens with zero attached hydrogens (tertiary/aromatic N) is 1. The van der Waals surface area contributed by atoms with Crippen LogP contribution in [-0.4, -0.2) is 18.1 Å². The molecule has 1 aliphatic heterocycles. The number of nitrogens with one attached hydrogen (secondary N) is 1. The summed E-state index contributed by atoms with van der Waals surface area (Å²) in [5, 5.41) is 3.43. The van der Waals surface area contributed by atoms with E-state index >= 15 is 0 Å². The molecule has 70 valence electrons. The SMILES string of the molecule is Cc1cc(C2CCCNC2)ccn1. The van der Waals surface area contributed by atoms with E-state index in [9.17, 15) is 0 Å². The van der Waals surface area contributed by atoms with Crippen LogP contribution >= 0.6 is 0 Å². The molecule has 1 fully saturated rings. The number of rotatable bonds is 1. The van der Waals surface area contributed by atoms with Gasteiger partial charge in [-0.2, -0.15) is 0 Å². The van der Waals surface area contributed by atoms with Crippen LogP contribution in [0.1, 0.15) is 30.0 Å². The highest BCUT2D eigenvalue weighted by Crippen LogP contribution is 2.22. The van der Waals surface area contributed by atoms with Crippen LogP contribution < -0.4 is 5.32 Å². The van der Waals surface area contributed by atoms with Crippen LogP contribution in [0.3, 0.4) is 0 Å². The Morgan fingerprint density at radius 2 is 2.46 bits per heavy atom. The molecule has 1 aromatic rings. The van der Waals surface area contributed by atoms with Crippen LogP contribution in [0, 0.1) is 6.92 Å². The van der Waals surface area contributed by atoms with Crippen molar-refractivity contribution in [2.75, 3.05) is 13.1 Å². The van der Waals surface area contributed by atoms with Crippen LogP contribution in [0.2, 0.25) is 0 Å². The van der Waals surface area contributed by atoms with Gasteiger partial charge in [-0.15, -0.1) is 0 Å². The van der Waals surface area contributed by atoms with E-state index in [2.05, 4.69) is 29.4 Å². The average Bonchev–Trinajstić information content (AvgIpc) is 2.19. The number of aromatic nitrogens is 1. The molecule has 0 bridgehead atoms. The molecule has 0 saturated carbocycles. The summed E-state index contributed by atoms with van der Waals surface area (Å²) >= 11 is 0. The van der Waals surface area contributed by atoms with Crippen LogP contribution in [0.4, 0.5) is 0 Å². The smallest absolute Gasteiger partial charge is 0.0375 e. The van der Waals surface area contributed by atoms with Gasteiger partial charge in [-0.25, -0.2) is 0 Å². The minimum absolute atomic E-state index is 0.704. The highest BCUT2D eigenvalue weighted by molar-refractivity contribution is 5.20. The van der Waals surface area contributed by atoms with E-state index in [-0.39, 0.29) is 0 Å². The summed E-state index contributed by atoms with van der Waals surface area (Å²) in [6, 6.07) is 4.35. The molecule has 2 nitrogen and oxygen atoms in total. The second-order valence-electron chi connectivity index (χ2n) is 3.77. The third-order valence-electron chi connectivity index (χ3n) is 2.69. The molecule has 1 aliphatic rings. The minimum Gasteiger partial charge on any atom is -0.316 e. The maximum absolute atomic E-state index is 4.21. The molecule has 2 heterocycles. The Balaban J connectivity index is 2.14. The lowest BCUT2D eigenvalue weighted by molar-refractivity contribution is 0.461. The molecule has 2 rings (SSSR count). The predicted molar refractivity (Wildman–Crippen MR) is 53.8 cm³/mol. The highest BCUT2D eigenvalue weighted by Gasteiger charge is 2.14. The number of pyridine rings is 1. The molecule has 1 atom stereocenters. The topological polar surface area (TPSA) is 24.9 Å². The Morgan fingerprint density at radius 1 is 1.54 bits per heavy atom. The van der Waals surface area contributed by atoms with Crippen molar-refractivity contribution in [2.45, 2.75) is 25.7 Å². The summed E-state index contributed by atoms with van der Waals surface area (Å²) in [5.41, 5.74) is 2.57. The predicted octanol–water partition coefficient (Wildman–Crippen LogP) is 1.86. The first-order chi connectivity index (χ1) is 6.36. The lowest BCUT2D eigenvalue weighted by atomic mass is 9.92. The molecule has 1 aromatic heterocycles. The minimum atomic E-state index is 0.704. The molecular formula is C11H16N2. The Morgan fingerprint density at radius 3 is 3.15 bits per heavy atom. The molecule has 1 saturated heterocycles. The van der Waals surface area contributed by atoms with Gasteiger partial charge in [-0.05, 0) is 49.9 Å². The summed E-state index contributed by atoms with van der Waals surface area (Å²) < 4.78 is 0. The van der Waals surface area contributed by atoms with Crippen molar-refractivity contribution in [2.24, 2.45) is 0 Å². The van der Waals surface area contributed by atoms with Gasteiger partial charge in [0.05, 0.1) is 0 Å². The summed E-state index contributed by atoms with van der Waals surface area (Å²) in [6.45, 7) is 4.36. The molecule has 2 heteroatoms. The fraction of sp³-hybridized carbons (Fsp3) is 0.545. The zero-order chi connectivity index (χ0) is 9.10. The highest BCUT2D eigenvalue weighted by atomic mass is 14.9. The summed E-state index contributed by atoms with van der Waals surface area (Å²) in [4.78, 5) is 4.21. The van der Waals surface area contributed by atoms with Crippen LogP contribution in [0.5, 0.6) is 0 Å². The van der Waals surface area contributed by atoms with E-state index in [1.807, 2.05) is 6.20 Å². The van der Waals surface area contributed by atoms with Gasteiger partial charge in [0.15, 0.2) is 0 Å². The van der Waals surface area contributed by atoms with Gasteiger partial charge >= 0.3 is 0 Å². The van der Waals surface area contributed by atoms with Crippen molar-refractivity contribution in [3.05, 3.63) is 29.6 Å². The molecule has 0 aromatic carbocycles. The zero-order valence-electron chi connectivity index (χ0n) is 8.09. The number of aryl methyl sites for hydroxylation is 1. The first kappa shape index (κ1) is 8.70. The van der Waals surface area contributed by atoms with Crippen molar-refractivity contribution in [1.82, 2.24) is 10.3 Å². The third kappa shape index (κ3) is 2.07. The van der Waals surface area contributed by atoms with Gasteiger partial charge in [-0.1, -0.05) is 0 Å². The van der Waals surface area contributed by atoms with Crippen LogP contribution in [-0.2, 0) is 0 Å². The Hall–Kier alpha value is -0.890. The molecule has 1 N–H and O–H groups in total. The van der Waals surface area contributed by atoms with Gasteiger partial charge in [0.1, 0.15) is 0 Å². The number of hydrogen-bond acceptors (Lipinski definition) is 2. The van der Waals surface area contributed by atoms with Crippen molar-refractivity contribution in [3.8, 4) is 0 Å². The molecule has 1 unspecified atom stereocenters. The first-order valence-corrected chi connectivity index (χ1v) is 4.99. The number of piperidine rings is 1. The standard InChI is InChI=1S/C11H16N2/c1-9-7-10(4-6-13-9)11-3-2-5-12-8-11/h4,6-7,11-12H,2-3,5,8H2,1H3. The van der Waals surface area contributed by atoms with E-state index < -0.39 is 0 Å². The van der Waals surface area contributed by atoms with E-state index in [1.165, 1.54) is 24.9 Å². The van der Waals surface area contributed by atoms with Gasteiger partial charge < -0.3 is 5.32 Å². The van der Waals surface area contributed by atoms with Crippen molar-refractivity contribution in [3.63, 3.8) is 0 Å². The Bertz CT molecular complexity index is 277. The molecule has 0 aliphatic carbocycles. The molecule has 0 radical (unpaired) electrons. The number of hydrogen-bond donors (Lipinski definition) is 1. The fourth-order valence-corrected chi connectivity index (χ4v) is 1.96. The van der Waals surface area contributed by atoms with Crippen molar-refractivity contribution >= 4 is 0 Å². The van der Waals surface area contributed by atoms with E-state index in [0.717, 1.165) is 12.2 Å². The third-order valence-corrected chi connectivity index (χ3v) is 2.69. The Labute approximate surface area is 79.4 Å². The van der Waals surface area contributed by atoms with Gasteiger partial charge in [0.25, 0.3) is 0 Å². The monoisotopic (exact) mass is 176 g/mol. The second kappa shape index (κ2) is 3.88. The van der Waals surface area contributed by atoms with E-state index in [4.69, 9.17) is 0 Å². The quantitative estimate of drug-likeness (QED) is 0.706. The Kier molecular flexibility index (Phi) is 2.60. The van der Waals surface area contributed by atoms with Crippen LogP contribution in [0.25, 0.3) is 0 Å². The fourth-order valence-electron chi connectivity index (χ4n) is 1.96. The summed E-state index contributed by atoms with van der Waals surface area (Å²) in [5.74, 6) is 0.704. The summed E-state index contributed by atoms with van der Waals surface area (Å²) in [6.07, 6.45) is 4.53. The van der Waals surface area contributed by atoms with Crippen LogP contribution in [0.15, 0.2) is 18.3 Å². The lowest BCUT2D eigenvalue weighted by Crippen LogP contribution is -2.28. The first-order valence-electron chi connectivity index (χ1n) is 4.99. The maximum atomic E-state index is 4.21. The molecule has 13 heavy (non-hydrogen) atoms. The van der Waals surface area contributed by atoms with Gasteiger partial charge in [-0.3, -0.25) is 4.98 Å². The molecule has 0 amide bonds. The largest absolute Gasteiger partial charge is 0.316 e. The molecular weight excluding hydrogens is 160 g/mol. The summed E-state index contributed by atoms with van der Waals surface area (Å²) in [7, 11) is 0. The lowest BCUT2D eigenvalue weighted by Gasteiger charge is -2.23. The van der Waals surface area contributed by atoms with Gasteiger partial charge in [0.2, 0.25) is 0 Å². The molecule has 0 spiro atoms. The maximum Gasteiger partial charge on any atom is 0.0375 e.